The van der Waals surface area contributed by atoms with Crippen molar-refractivity contribution in [3.63, 3.8) is 0 Å². The van der Waals surface area contributed by atoms with Crippen LogP contribution >= 0.6 is 39.1 Å². The van der Waals surface area contributed by atoms with Gasteiger partial charge < -0.3 is 9.73 Å². The van der Waals surface area contributed by atoms with Crippen LogP contribution in [0, 0.1) is 18.3 Å². The highest BCUT2D eigenvalue weighted by atomic mass is 79.9. The number of sulfonamides is 1. The molecule has 11 heteroatoms. The van der Waals surface area contributed by atoms with Gasteiger partial charge in [-0.1, -0.05) is 69.0 Å². The lowest BCUT2D eigenvalue weighted by atomic mass is 10.2. The highest BCUT2D eigenvalue weighted by Gasteiger charge is 2.26. The predicted octanol–water partition coefficient (Wildman–Crippen LogP) is 7.59. The van der Waals surface area contributed by atoms with Crippen LogP contribution in [-0.2, 0) is 27.9 Å². The summed E-state index contributed by atoms with van der Waals surface area (Å²) in [6, 6.07) is 23.5. The fourth-order valence-electron chi connectivity index (χ4n) is 3.71. The molecule has 1 N–H and O–H groups in total. The molecule has 0 spiro atoms. The van der Waals surface area contributed by atoms with E-state index in [4.69, 9.17) is 27.6 Å². The van der Waals surface area contributed by atoms with Crippen LogP contribution in [0.15, 0.2) is 98.2 Å². The summed E-state index contributed by atoms with van der Waals surface area (Å²) in [6.07, 6.45) is 1.30. The molecule has 4 aromatic rings. The first-order valence-electron chi connectivity index (χ1n) is 11.8. The molecule has 0 atom stereocenters. The standard InChI is InChI=1S/C29H22BrCl2N3O4S/c1-19-5-10-26(11-6-19)40(37,38)35(17-20-7-12-27(31)28(32)13-20)18-25-9-8-24(39-25)14-21(16-33)29(36)34-23-4-2-3-22(30)15-23/h2-15H,17-18H2,1H3,(H,34,36)/b21-14-. The van der Waals surface area contributed by atoms with E-state index in [0.29, 0.717) is 27.1 Å². The van der Waals surface area contributed by atoms with Gasteiger partial charge in [0.15, 0.2) is 0 Å². The highest BCUT2D eigenvalue weighted by Crippen LogP contribution is 2.27. The van der Waals surface area contributed by atoms with E-state index in [1.54, 1.807) is 72.8 Å². The van der Waals surface area contributed by atoms with Crippen molar-refractivity contribution in [2.45, 2.75) is 24.9 Å². The number of nitrogens with zero attached hydrogens (tertiary/aromatic N) is 2. The average Bonchev–Trinajstić information content (AvgIpc) is 3.36. The molecule has 7 nitrogen and oxygen atoms in total. The quantitative estimate of drug-likeness (QED) is 0.147. The number of carbonyl (C=O) groups is 1. The number of hydrogen-bond donors (Lipinski definition) is 1. The van der Waals surface area contributed by atoms with Gasteiger partial charge in [-0.15, -0.1) is 0 Å². The number of aryl methyl sites for hydroxylation is 1. The lowest BCUT2D eigenvalue weighted by molar-refractivity contribution is -0.112. The fraction of sp³-hybridized carbons (Fsp3) is 0.103. The molecule has 4 rings (SSSR count). The van der Waals surface area contributed by atoms with Gasteiger partial charge in [0.2, 0.25) is 10.0 Å². The number of anilines is 1. The Balaban J connectivity index is 1.60. The minimum Gasteiger partial charge on any atom is -0.460 e. The monoisotopic (exact) mass is 657 g/mol. The Morgan fingerprint density at radius 1 is 1.02 bits per heavy atom. The van der Waals surface area contributed by atoms with Crippen LogP contribution in [-0.4, -0.2) is 18.6 Å². The van der Waals surface area contributed by atoms with Gasteiger partial charge in [0.05, 0.1) is 21.5 Å². The van der Waals surface area contributed by atoms with E-state index < -0.39 is 15.9 Å². The van der Waals surface area contributed by atoms with Crippen molar-refractivity contribution in [1.29, 1.82) is 5.26 Å². The number of nitrogens with one attached hydrogen (secondary N) is 1. The molecular formula is C29H22BrCl2N3O4S. The van der Waals surface area contributed by atoms with Gasteiger partial charge in [0.25, 0.3) is 5.91 Å². The summed E-state index contributed by atoms with van der Waals surface area (Å²) < 4.78 is 35.1. The molecule has 0 saturated carbocycles. The summed E-state index contributed by atoms with van der Waals surface area (Å²) >= 11 is 15.5. The van der Waals surface area contributed by atoms with Gasteiger partial charge in [-0.3, -0.25) is 4.79 Å². The number of furan rings is 1. The third-order valence-corrected chi connectivity index (χ3v) is 8.79. The van der Waals surface area contributed by atoms with Crippen LogP contribution < -0.4 is 5.32 Å². The summed E-state index contributed by atoms with van der Waals surface area (Å²) in [7, 11) is -3.95. The van der Waals surface area contributed by atoms with Gasteiger partial charge in [0.1, 0.15) is 23.2 Å². The van der Waals surface area contributed by atoms with Gasteiger partial charge in [-0.25, -0.2) is 8.42 Å². The molecule has 1 amide bonds. The van der Waals surface area contributed by atoms with Gasteiger partial charge >= 0.3 is 0 Å². The minimum atomic E-state index is -3.95. The summed E-state index contributed by atoms with van der Waals surface area (Å²) in [5.41, 5.74) is 1.89. The zero-order chi connectivity index (χ0) is 28.9. The van der Waals surface area contributed by atoms with Crippen LogP contribution in [0.4, 0.5) is 5.69 Å². The minimum absolute atomic E-state index is 0.00252. The van der Waals surface area contributed by atoms with Gasteiger partial charge in [0, 0.05) is 22.8 Å². The second kappa shape index (κ2) is 12.9. The zero-order valence-corrected chi connectivity index (χ0v) is 25.0. The summed E-state index contributed by atoms with van der Waals surface area (Å²) in [5, 5.41) is 12.9. The Morgan fingerprint density at radius 3 is 2.45 bits per heavy atom. The second-order valence-electron chi connectivity index (χ2n) is 8.77. The molecule has 204 valence electrons. The number of rotatable bonds is 9. The number of amides is 1. The normalized spacial score (nSPS) is 11.8. The maximum atomic E-state index is 13.6. The maximum Gasteiger partial charge on any atom is 0.266 e. The number of halogens is 3. The summed E-state index contributed by atoms with van der Waals surface area (Å²) in [4.78, 5) is 12.8. The van der Waals surface area contributed by atoms with E-state index >= 15 is 0 Å². The van der Waals surface area contributed by atoms with Crippen LogP contribution in [0.3, 0.4) is 0 Å². The molecule has 40 heavy (non-hydrogen) atoms. The molecule has 0 bridgehead atoms. The Morgan fingerprint density at radius 2 is 1.77 bits per heavy atom. The van der Waals surface area contributed by atoms with Crippen molar-refractivity contribution in [1.82, 2.24) is 4.31 Å². The van der Waals surface area contributed by atoms with Crippen LogP contribution in [0.1, 0.15) is 22.6 Å². The fourth-order valence-corrected chi connectivity index (χ4v) is 5.83. The second-order valence-corrected chi connectivity index (χ2v) is 12.4. The van der Waals surface area contributed by atoms with Crippen LogP contribution in [0.2, 0.25) is 10.0 Å². The molecule has 0 radical (unpaired) electrons. The largest absolute Gasteiger partial charge is 0.460 e. The number of hydrogen-bond acceptors (Lipinski definition) is 5. The Bertz CT molecular complexity index is 1730. The third kappa shape index (κ3) is 7.42. The summed E-state index contributed by atoms with van der Waals surface area (Å²) in [6.45, 7) is 1.75. The van der Waals surface area contributed by atoms with E-state index in [0.717, 1.165) is 10.0 Å². The van der Waals surface area contributed by atoms with E-state index in [-0.39, 0.29) is 29.3 Å². The van der Waals surface area contributed by atoms with Gasteiger partial charge in [-0.2, -0.15) is 9.57 Å². The van der Waals surface area contributed by atoms with Crippen molar-refractivity contribution in [3.8, 4) is 6.07 Å². The molecule has 0 unspecified atom stereocenters. The molecule has 1 heterocycles. The molecule has 0 aliphatic heterocycles. The number of carbonyl (C=O) groups excluding carboxylic acids is 1. The first kappa shape index (κ1) is 29.6. The number of nitriles is 1. The first-order chi connectivity index (χ1) is 19.0. The van der Waals surface area contributed by atoms with Crippen molar-refractivity contribution in [3.05, 3.63) is 122 Å². The highest BCUT2D eigenvalue weighted by molar-refractivity contribution is 9.10. The molecule has 0 aliphatic rings. The SMILES string of the molecule is Cc1ccc(S(=O)(=O)N(Cc2ccc(Cl)c(Cl)c2)Cc2ccc(/C=C(/C#N)C(=O)Nc3cccc(Br)c3)o2)cc1. The Labute approximate surface area is 250 Å². The van der Waals surface area contributed by atoms with Crippen molar-refractivity contribution >= 4 is 66.8 Å². The lowest BCUT2D eigenvalue weighted by Crippen LogP contribution is -2.30. The zero-order valence-electron chi connectivity index (χ0n) is 21.1. The molecule has 1 aromatic heterocycles. The molecule has 0 aliphatic carbocycles. The first-order valence-corrected chi connectivity index (χ1v) is 14.8. The Hall–Kier alpha value is -3.39. The van der Waals surface area contributed by atoms with Gasteiger partial charge in [-0.05, 0) is 67.1 Å². The third-order valence-electron chi connectivity index (χ3n) is 5.75. The maximum absolute atomic E-state index is 13.6. The molecule has 0 fully saturated rings. The average molecular weight is 659 g/mol. The van der Waals surface area contributed by atoms with E-state index in [1.807, 2.05) is 19.1 Å². The Kier molecular flexibility index (Phi) is 9.51. The van der Waals surface area contributed by atoms with Crippen molar-refractivity contribution in [2.24, 2.45) is 0 Å². The van der Waals surface area contributed by atoms with E-state index in [1.165, 1.54) is 10.4 Å². The smallest absolute Gasteiger partial charge is 0.266 e. The van der Waals surface area contributed by atoms with E-state index in [2.05, 4.69) is 21.2 Å². The van der Waals surface area contributed by atoms with Crippen LogP contribution in [0.5, 0.6) is 0 Å². The molecular weight excluding hydrogens is 637 g/mol. The predicted molar refractivity (Wildman–Crippen MR) is 159 cm³/mol. The molecule has 3 aromatic carbocycles. The topological polar surface area (TPSA) is 103 Å². The lowest BCUT2D eigenvalue weighted by Gasteiger charge is -2.22. The number of benzene rings is 3. The molecule has 0 saturated heterocycles. The van der Waals surface area contributed by atoms with E-state index in [9.17, 15) is 18.5 Å². The van der Waals surface area contributed by atoms with Crippen molar-refractivity contribution < 1.29 is 17.6 Å². The summed E-state index contributed by atoms with van der Waals surface area (Å²) in [5.74, 6) is -0.0772. The van der Waals surface area contributed by atoms with Crippen LogP contribution in [0.25, 0.3) is 6.08 Å². The van der Waals surface area contributed by atoms with Crippen molar-refractivity contribution in [2.75, 3.05) is 5.32 Å².